The molecule has 0 amide bonds. The summed E-state index contributed by atoms with van der Waals surface area (Å²) in [7, 11) is 0. The SMILES string of the molecule is C#C.C=C(C)CCCCCCCCC.CC.CC. The summed E-state index contributed by atoms with van der Waals surface area (Å²) in [6, 6.07) is 0. The minimum absolute atomic E-state index is 1.23. The van der Waals surface area contributed by atoms with Crippen molar-refractivity contribution in [3.05, 3.63) is 12.2 Å². The first kappa shape index (κ1) is 26.0. The fourth-order valence-electron chi connectivity index (χ4n) is 1.38. The second kappa shape index (κ2) is 36.0. The molecule has 0 heteroatoms. The minimum atomic E-state index is 1.23. The topological polar surface area (TPSA) is 0 Å². The zero-order valence-corrected chi connectivity index (χ0v) is 14.0. The second-order valence-electron chi connectivity index (χ2n) is 3.83. The number of rotatable bonds is 8. The van der Waals surface area contributed by atoms with Crippen LogP contribution < -0.4 is 0 Å². The van der Waals surface area contributed by atoms with E-state index in [-0.39, 0.29) is 0 Å². The van der Waals surface area contributed by atoms with Gasteiger partial charge in [0.1, 0.15) is 0 Å². The maximum absolute atomic E-state index is 4.00. The average Bonchev–Trinajstić information content (AvgIpc) is 2.44. The lowest BCUT2D eigenvalue weighted by atomic mass is 10.1. The molecule has 0 radical (unpaired) electrons. The van der Waals surface area contributed by atoms with Gasteiger partial charge in [0, 0.05) is 0 Å². The van der Waals surface area contributed by atoms with Gasteiger partial charge in [0.2, 0.25) is 0 Å². The first-order valence-corrected chi connectivity index (χ1v) is 7.75. The zero-order valence-electron chi connectivity index (χ0n) is 14.0. The monoisotopic (exact) mass is 254 g/mol. The lowest BCUT2D eigenvalue weighted by molar-refractivity contribution is 0.589. The van der Waals surface area contributed by atoms with Gasteiger partial charge >= 0.3 is 0 Å². The summed E-state index contributed by atoms with van der Waals surface area (Å²) in [6.07, 6.45) is 19.0. The number of terminal acetylenes is 1. The molecule has 0 spiro atoms. The summed E-state index contributed by atoms with van der Waals surface area (Å²) in [4.78, 5) is 0. The molecular formula is C18H38. The summed E-state index contributed by atoms with van der Waals surface area (Å²) in [5, 5.41) is 0. The molecule has 0 fully saturated rings. The van der Waals surface area contributed by atoms with Crippen molar-refractivity contribution in [2.75, 3.05) is 0 Å². The molecule has 0 heterocycles. The van der Waals surface area contributed by atoms with Crippen LogP contribution in [0.1, 0.15) is 92.9 Å². The molecular weight excluding hydrogens is 216 g/mol. The van der Waals surface area contributed by atoms with Crippen molar-refractivity contribution in [3.63, 3.8) is 0 Å². The summed E-state index contributed by atoms with van der Waals surface area (Å²) in [6.45, 7) is 16.3. The standard InChI is InChI=1S/C12H24.2C2H6.C2H2/c1-4-5-6-7-8-9-10-11-12(2)3;3*1-2/h2,4-11H2,1,3H3;2*1-2H3;1-2H. The average molecular weight is 255 g/mol. The first-order chi connectivity index (χ1) is 8.77. The normalized spacial score (nSPS) is 7.56. The highest BCUT2D eigenvalue weighted by atomic mass is 14.0. The molecule has 0 unspecified atom stereocenters. The summed E-state index contributed by atoms with van der Waals surface area (Å²) in [5.74, 6) is 0. The minimum Gasteiger partial charge on any atom is -0.124 e. The Morgan fingerprint density at radius 3 is 1.44 bits per heavy atom. The second-order valence-corrected chi connectivity index (χ2v) is 3.83. The van der Waals surface area contributed by atoms with E-state index >= 15 is 0 Å². The van der Waals surface area contributed by atoms with Gasteiger partial charge in [-0.25, -0.2) is 0 Å². The van der Waals surface area contributed by atoms with E-state index in [4.69, 9.17) is 0 Å². The molecule has 0 aromatic rings. The Balaban J connectivity index is -0.000000141. The molecule has 0 aliphatic carbocycles. The molecule has 0 atom stereocenters. The largest absolute Gasteiger partial charge is 0.124 e. The molecule has 18 heavy (non-hydrogen) atoms. The molecule has 0 saturated carbocycles. The van der Waals surface area contributed by atoms with Gasteiger partial charge < -0.3 is 0 Å². The highest BCUT2D eigenvalue weighted by molar-refractivity contribution is 4.86. The van der Waals surface area contributed by atoms with Gasteiger partial charge in [-0.1, -0.05) is 78.7 Å². The van der Waals surface area contributed by atoms with Gasteiger partial charge in [-0.05, 0) is 19.8 Å². The van der Waals surface area contributed by atoms with Crippen LogP contribution in [-0.4, -0.2) is 0 Å². The fourth-order valence-corrected chi connectivity index (χ4v) is 1.38. The van der Waals surface area contributed by atoms with Crippen LogP contribution in [0.3, 0.4) is 0 Å². The van der Waals surface area contributed by atoms with Gasteiger partial charge in [0.15, 0.2) is 0 Å². The third-order valence-electron chi connectivity index (χ3n) is 2.21. The van der Waals surface area contributed by atoms with Crippen LogP contribution in [0.15, 0.2) is 12.2 Å². The highest BCUT2D eigenvalue weighted by Gasteiger charge is 1.90. The predicted octanol–water partition coefficient (Wildman–Crippen LogP) is 7.01. The van der Waals surface area contributed by atoms with E-state index in [1.54, 1.807) is 0 Å². The third kappa shape index (κ3) is 45.4. The molecule has 0 nitrogen and oxygen atoms in total. The van der Waals surface area contributed by atoms with E-state index in [1.807, 2.05) is 27.7 Å². The maximum Gasteiger partial charge on any atom is -0.0326 e. The van der Waals surface area contributed by atoms with Crippen molar-refractivity contribution in [2.24, 2.45) is 0 Å². The summed E-state index contributed by atoms with van der Waals surface area (Å²) in [5.41, 5.74) is 1.34. The number of unbranched alkanes of at least 4 members (excludes halogenated alkanes) is 6. The van der Waals surface area contributed by atoms with Crippen LogP contribution in [0, 0.1) is 12.8 Å². The smallest absolute Gasteiger partial charge is 0.0326 e. The van der Waals surface area contributed by atoms with E-state index in [1.165, 1.54) is 56.9 Å². The van der Waals surface area contributed by atoms with Gasteiger partial charge in [-0.15, -0.1) is 19.4 Å². The quantitative estimate of drug-likeness (QED) is 0.248. The lowest BCUT2D eigenvalue weighted by Gasteiger charge is -2.00. The molecule has 110 valence electrons. The predicted molar refractivity (Wildman–Crippen MR) is 90.0 cm³/mol. The number of hydrogen-bond donors (Lipinski definition) is 0. The number of hydrogen-bond acceptors (Lipinski definition) is 0. The summed E-state index contributed by atoms with van der Waals surface area (Å²) < 4.78 is 0. The van der Waals surface area contributed by atoms with E-state index in [2.05, 4.69) is 33.3 Å². The molecule has 0 aromatic carbocycles. The van der Waals surface area contributed by atoms with E-state index in [0.29, 0.717) is 0 Å². The van der Waals surface area contributed by atoms with Crippen molar-refractivity contribution >= 4 is 0 Å². The van der Waals surface area contributed by atoms with Crippen molar-refractivity contribution in [1.82, 2.24) is 0 Å². The Kier molecular flexibility index (Phi) is 51.9. The van der Waals surface area contributed by atoms with Crippen LogP contribution in [0.5, 0.6) is 0 Å². The van der Waals surface area contributed by atoms with Crippen molar-refractivity contribution < 1.29 is 0 Å². The Morgan fingerprint density at radius 1 is 0.778 bits per heavy atom. The van der Waals surface area contributed by atoms with Gasteiger partial charge in [0.05, 0.1) is 0 Å². The third-order valence-corrected chi connectivity index (χ3v) is 2.21. The molecule has 0 rings (SSSR count). The van der Waals surface area contributed by atoms with Gasteiger partial charge in [0.25, 0.3) is 0 Å². The molecule has 0 saturated heterocycles. The molecule has 0 bridgehead atoms. The zero-order chi connectivity index (χ0) is 15.2. The van der Waals surface area contributed by atoms with E-state index in [0.717, 1.165) is 0 Å². The van der Waals surface area contributed by atoms with E-state index < -0.39 is 0 Å². The fraction of sp³-hybridized carbons (Fsp3) is 0.778. The van der Waals surface area contributed by atoms with Gasteiger partial charge in [-0.3, -0.25) is 0 Å². The van der Waals surface area contributed by atoms with Crippen LogP contribution >= 0.6 is 0 Å². The van der Waals surface area contributed by atoms with Crippen molar-refractivity contribution in [1.29, 1.82) is 0 Å². The molecule has 0 N–H and O–H groups in total. The molecule has 0 aliphatic heterocycles. The Morgan fingerprint density at radius 2 is 1.11 bits per heavy atom. The maximum atomic E-state index is 4.00. The number of allylic oxidation sites excluding steroid dienone is 1. The molecule has 0 aliphatic rings. The van der Waals surface area contributed by atoms with Crippen LogP contribution in [0.25, 0.3) is 0 Å². The van der Waals surface area contributed by atoms with Crippen LogP contribution in [0.2, 0.25) is 0 Å². The van der Waals surface area contributed by atoms with E-state index in [9.17, 15) is 0 Å². The Bertz CT molecular complexity index is 130. The summed E-state index contributed by atoms with van der Waals surface area (Å²) >= 11 is 0. The van der Waals surface area contributed by atoms with Crippen molar-refractivity contribution in [3.8, 4) is 12.8 Å². The Labute approximate surface area is 118 Å². The van der Waals surface area contributed by atoms with Crippen LogP contribution in [0.4, 0.5) is 0 Å². The highest BCUT2D eigenvalue weighted by Crippen LogP contribution is 2.10. The Hall–Kier alpha value is -0.700. The first-order valence-electron chi connectivity index (χ1n) is 7.75. The van der Waals surface area contributed by atoms with Crippen LogP contribution in [-0.2, 0) is 0 Å². The van der Waals surface area contributed by atoms with Crippen molar-refractivity contribution in [2.45, 2.75) is 92.9 Å². The lowest BCUT2D eigenvalue weighted by Crippen LogP contribution is -1.80. The van der Waals surface area contributed by atoms with Gasteiger partial charge in [-0.2, -0.15) is 0 Å². The molecule has 0 aromatic heterocycles.